The number of likely N-dealkylation sites (N-methyl/N-ethyl adjacent to an activating group) is 1. The molecule has 0 aromatic heterocycles. The van der Waals surface area contributed by atoms with E-state index in [4.69, 9.17) is 0 Å². The highest BCUT2D eigenvalue weighted by molar-refractivity contribution is 5.82. The molecule has 1 aliphatic heterocycles. The minimum Gasteiger partial charge on any atom is -0.340 e. The van der Waals surface area contributed by atoms with Crippen molar-refractivity contribution in [1.29, 1.82) is 0 Å². The first kappa shape index (κ1) is 11.5. The van der Waals surface area contributed by atoms with E-state index in [1.807, 2.05) is 11.9 Å². The van der Waals surface area contributed by atoms with Crippen LogP contribution in [0.4, 0.5) is 0 Å². The molecule has 0 bridgehead atoms. The zero-order chi connectivity index (χ0) is 10.8. The zero-order valence-corrected chi connectivity index (χ0v) is 9.76. The zero-order valence-electron chi connectivity index (χ0n) is 9.76. The first-order chi connectivity index (χ1) is 6.43. The van der Waals surface area contributed by atoms with Gasteiger partial charge < -0.3 is 10.2 Å². The molecule has 0 unspecified atom stereocenters. The third-order valence-electron chi connectivity index (χ3n) is 2.95. The quantitative estimate of drug-likeness (QED) is 0.690. The molecule has 1 saturated heterocycles. The highest BCUT2D eigenvalue weighted by atomic mass is 16.2. The summed E-state index contributed by atoms with van der Waals surface area (Å²) in [6, 6.07) is 0.0491. The summed E-state index contributed by atoms with van der Waals surface area (Å²) in [7, 11) is 1.89. The molecule has 1 fully saturated rings. The normalized spacial score (nSPS) is 23.3. The summed E-state index contributed by atoms with van der Waals surface area (Å²) in [4.78, 5) is 13.9. The van der Waals surface area contributed by atoms with E-state index in [-0.39, 0.29) is 17.5 Å². The highest BCUT2D eigenvalue weighted by Crippen LogP contribution is 2.15. The fourth-order valence-electron chi connectivity index (χ4n) is 1.63. The molecule has 0 aliphatic carbocycles. The highest BCUT2D eigenvalue weighted by Gasteiger charge is 2.29. The molecular formula is C11H22N2O. The first-order valence-electron chi connectivity index (χ1n) is 5.44. The molecular weight excluding hydrogens is 176 g/mol. The number of nitrogens with zero attached hydrogens (tertiary/aromatic N) is 1. The van der Waals surface area contributed by atoms with Gasteiger partial charge in [-0.15, -0.1) is 0 Å². The van der Waals surface area contributed by atoms with Gasteiger partial charge in [0.1, 0.15) is 0 Å². The van der Waals surface area contributed by atoms with Gasteiger partial charge in [-0.25, -0.2) is 0 Å². The van der Waals surface area contributed by atoms with E-state index < -0.39 is 0 Å². The number of hydrogen-bond acceptors (Lipinski definition) is 2. The summed E-state index contributed by atoms with van der Waals surface area (Å²) in [6.45, 7) is 7.17. The predicted octanol–water partition coefficient (Wildman–Crippen LogP) is 1.39. The van der Waals surface area contributed by atoms with Crippen molar-refractivity contribution in [3.8, 4) is 0 Å². The monoisotopic (exact) mass is 198 g/mol. The molecule has 0 saturated carbocycles. The SMILES string of the molecule is CN(C(=O)[C@@H]1CCCCN1)C(C)(C)C. The van der Waals surface area contributed by atoms with Crippen molar-refractivity contribution < 1.29 is 4.79 Å². The Labute approximate surface area is 86.9 Å². The van der Waals surface area contributed by atoms with Crippen molar-refractivity contribution in [1.82, 2.24) is 10.2 Å². The van der Waals surface area contributed by atoms with E-state index >= 15 is 0 Å². The van der Waals surface area contributed by atoms with Crippen LogP contribution in [0.2, 0.25) is 0 Å². The topological polar surface area (TPSA) is 32.3 Å². The number of nitrogens with one attached hydrogen (secondary N) is 1. The maximum atomic E-state index is 12.0. The van der Waals surface area contributed by atoms with E-state index in [2.05, 4.69) is 26.1 Å². The Balaban J connectivity index is 2.55. The summed E-state index contributed by atoms with van der Waals surface area (Å²) in [5.74, 6) is 0.234. The van der Waals surface area contributed by atoms with E-state index in [0.29, 0.717) is 0 Å². The lowest BCUT2D eigenvalue weighted by molar-refractivity contribution is -0.136. The maximum Gasteiger partial charge on any atom is 0.239 e. The maximum absolute atomic E-state index is 12.0. The largest absolute Gasteiger partial charge is 0.340 e. The first-order valence-corrected chi connectivity index (χ1v) is 5.44. The fraction of sp³-hybridized carbons (Fsp3) is 0.909. The van der Waals surface area contributed by atoms with Gasteiger partial charge in [0.2, 0.25) is 5.91 Å². The lowest BCUT2D eigenvalue weighted by Crippen LogP contribution is -2.52. The second-order valence-corrected chi connectivity index (χ2v) is 5.07. The van der Waals surface area contributed by atoms with Crippen molar-refractivity contribution in [2.24, 2.45) is 0 Å². The molecule has 1 aliphatic rings. The smallest absolute Gasteiger partial charge is 0.239 e. The van der Waals surface area contributed by atoms with Crippen molar-refractivity contribution in [2.75, 3.05) is 13.6 Å². The van der Waals surface area contributed by atoms with Crippen molar-refractivity contribution in [2.45, 2.75) is 51.6 Å². The van der Waals surface area contributed by atoms with Gasteiger partial charge in [0.05, 0.1) is 6.04 Å². The van der Waals surface area contributed by atoms with Gasteiger partial charge in [0.25, 0.3) is 0 Å². The summed E-state index contributed by atoms with van der Waals surface area (Å²) >= 11 is 0. The summed E-state index contributed by atoms with van der Waals surface area (Å²) < 4.78 is 0. The Bertz CT molecular complexity index is 202. The summed E-state index contributed by atoms with van der Waals surface area (Å²) in [5, 5.41) is 3.28. The molecule has 1 rings (SSSR count). The van der Waals surface area contributed by atoms with Gasteiger partial charge in [-0.2, -0.15) is 0 Å². The van der Waals surface area contributed by atoms with Gasteiger partial charge in [-0.05, 0) is 40.2 Å². The van der Waals surface area contributed by atoms with E-state index in [1.165, 1.54) is 12.8 Å². The molecule has 3 heteroatoms. The van der Waals surface area contributed by atoms with Crippen LogP contribution in [0.25, 0.3) is 0 Å². The Kier molecular flexibility index (Phi) is 3.53. The number of carbonyl (C=O) groups is 1. The molecule has 0 spiro atoms. The Morgan fingerprint density at radius 3 is 2.43 bits per heavy atom. The van der Waals surface area contributed by atoms with E-state index in [1.54, 1.807) is 0 Å². The molecule has 0 radical (unpaired) electrons. The third kappa shape index (κ3) is 2.71. The molecule has 1 heterocycles. The average Bonchev–Trinajstić information content (AvgIpc) is 2.15. The number of rotatable bonds is 1. The number of hydrogen-bond donors (Lipinski definition) is 1. The van der Waals surface area contributed by atoms with E-state index in [9.17, 15) is 4.79 Å². The minimum atomic E-state index is -0.0732. The summed E-state index contributed by atoms with van der Waals surface area (Å²) in [6.07, 6.45) is 3.35. The third-order valence-corrected chi connectivity index (χ3v) is 2.95. The molecule has 0 aromatic rings. The lowest BCUT2D eigenvalue weighted by Gasteiger charge is -2.36. The van der Waals surface area contributed by atoms with Crippen LogP contribution in [0.5, 0.6) is 0 Å². The molecule has 1 atom stereocenters. The van der Waals surface area contributed by atoms with E-state index in [0.717, 1.165) is 13.0 Å². The molecule has 1 amide bonds. The van der Waals surface area contributed by atoms with Crippen molar-refractivity contribution in [3.63, 3.8) is 0 Å². The lowest BCUT2D eigenvalue weighted by atomic mass is 10.0. The molecule has 82 valence electrons. The van der Waals surface area contributed by atoms with Gasteiger partial charge in [0, 0.05) is 12.6 Å². The molecule has 1 N–H and O–H groups in total. The number of carbonyl (C=O) groups excluding carboxylic acids is 1. The van der Waals surface area contributed by atoms with Crippen LogP contribution in [0.1, 0.15) is 40.0 Å². The van der Waals surface area contributed by atoms with Crippen LogP contribution in [0, 0.1) is 0 Å². The summed E-state index contributed by atoms with van der Waals surface area (Å²) in [5.41, 5.74) is -0.0732. The second kappa shape index (κ2) is 4.30. The fourth-order valence-corrected chi connectivity index (χ4v) is 1.63. The van der Waals surface area contributed by atoms with Crippen LogP contribution in [0.15, 0.2) is 0 Å². The van der Waals surface area contributed by atoms with Gasteiger partial charge in [-0.3, -0.25) is 4.79 Å². The Morgan fingerprint density at radius 2 is 2.00 bits per heavy atom. The Hall–Kier alpha value is -0.570. The molecule has 14 heavy (non-hydrogen) atoms. The molecule has 3 nitrogen and oxygen atoms in total. The minimum absolute atomic E-state index is 0.0491. The van der Waals surface area contributed by atoms with Crippen LogP contribution < -0.4 is 5.32 Å². The number of piperidine rings is 1. The van der Waals surface area contributed by atoms with Crippen LogP contribution >= 0.6 is 0 Å². The predicted molar refractivity (Wildman–Crippen MR) is 58.2 cm³/mol. The average molecular weight is 198 g/mol. The van der Waals surface area contributed by atoms with Gasteiger partial charge in [-0.1, -0.05) is 6.42 Å². The van der Waals surface area contributed by atoms with Crippen LogP contribution in [0.3, 0.4) is 0 Å². The van der Waals surface area contributed by atoms with Crippen molar-refractivity contribution >= 4 is 5.91 Å². The van der Waals surface area contributed by atoms with Gasteiger partial charge >= 0.3 is 0 Å². The van der Waals surface area contributed by atoms with Crippen molar-refractivity contribution in [3.05, 3.63) is 0 Å². The van der Waals surface area contributed by atoms with Crippen LogP contribution in [-0.2, 0) is 4.79 Å². The van der Waals surface area contributed by atoms with Crippen LogP contribution in [-0.4, -0.2) is 36.0 Å². The van der Waals surface area contributed by atoms with Gasteiger partial charge in [0.15, 0.2) is 0 Å². The molecule has 0 aromatic carbocycles. The second-order valence-electron chi connectivity index (χ2n) is 5.07. The number of amides is 1. The Morgan fingerprint density at radius 1 is 1.36 bits per heavy atom. The standard InChI is InChI=1S/C11H22N2O/c1-11(2,3)13(4)10(14)9-7-5-6-8-12-9/h9,12H,5-8H2,1-4H3/t9-/m0/s1.